The van der Waals surface area contributed by atoms with E-state index in [1.165, 1.54) is 0 Å². The van der Waals surface area contributed by atoms with Crippen molar-refractivity contribution in [1.82, 2.24) is 0 Å². The summed E-state index contributed by atoms with van der Waals surface area (Å²) in [7, 11) is -2.86. The molecule has 0 saturated heterocycles. The van der Waals surface area contributed by atoms with Crippen LogP contribution >= 0.6 is 8.25 Å². The van der Waals surface area contributed by atoms with Crippen molar-refractivity contribution < 1.29 is 23.2 Å². The zero-order valence-corrected chi connectivity index (χ0v) is 15.9. The maximum atomic E-state index is 11.8. The van der Waals surface area contributed by atoms with Gasteiger partial charge in [0.15, 0.2) is 11.6 Å². The first kappa shape index (κ1) is 22.6. The van der Waals surface area contributed by atoms with Gasteiger partial charge < -0.3 is 9.05 Å². The Labute approximate surface area is 145 Å². The zero-order valence-electron chi connectivity index (χ0n) is 14.9. The summed E-state index contributed by atoms with van der Waals surface area (Å²) in [6.07, 6.45) is 2.39. The third-order valence-corrected chi connectivity index (χ3v) is 3.94. The largest absolute Gasteiger partial charge is 0.319 e. The molecule has 0 aliphatic rings. The molecule has 0 aromatic carbocycles. The quantitative estimate of drug-likeness (QED) is 0.444. The number of ketones is 2. The Bertz CT molecular complexity index is 499. The summed E-state index contributed by atoms with van der Waals surface area (Å²) < 4.78 is 21.4. The van der Waals surface area contributed by atoms with Gasteiger partial charge in [0.1, 0.15) is 13.2 Å². The van der Waals surface area contributed by atoms with E-state index < -0.39 is 8.25 Å². The average Bonchev–Trinajstić information content (AvgIpc) is 2.57. The molecule has 0 heterocycles. The van der Waals surface area contributed by atoms with Gasteiger partial charge in [0.05, 0.1) is 0 Å². The van der Waals surface area contributed by atoms with Crippen molar-refractivity contribution in [2.75, 3.05) is 13.2 Å². The van der Waals surface area contributed by atoms with E-state index in [-0.39, 0.29) is 36.6 Å². The van der Waals surface area contributed by atoms with Gasteiger partial charge in [-0.05, 0) is 0 Å². The van der Waals surface area contributed by atoms with Crippen LogP contribution in [-0.4, -0.2) is 24.8 Å². The number of carbonyl (C=O) groups excluding carboxylic acids is 2. The lowest BCUT2D eigenvalue weighted by Crippen LogP contribution is -2.17. The Balaban J connectivity index is 4.05. The van der Waals surface area contributed by atoms with Gasteiger partial charge >= 0.3 is 8.25 Å². The van der Waals surface area contributed by atoms with Crippen molar-refractivity contribution in [2.45, 2.75) is 53.4 Å². The van der Waals surface area contributed by atoms with Gasteiger partial charge in [0.25, 0.3) is 0 Å². The maximum absolute atomic E-state index is 11.8. The minimum absolute atomic E-state index is 0.183. The number of rotatable bonds is 10. The van der Waals surface area contributed by atoms with E-state index in [2.05, 4.69) is 23.7 Å². The van der Waals surface area contributed by atoms with Crippen molar-refractivity contribution in [3.8, 4) is 23.7 Å². The van der Waals surface area contributed by atoms with E-state index in [0.29, 0.717) is 12.8 Å². The molecule has 24 heavy (non-hydrogen) atoms. The Morgan fingerprint density at radius 3 is 1.54 bits per heavy atom. The molecule has 0 rings (SSSR count). The second-order valence-corrected chi connectivity index (χ2v) is 6.46. The molecule has 0 amide bonds. The maximum Gasteiger partial charge on any atom is 0.319 e. The smallest absolute Gasteiger partial charge is 0.303 e. The third kappa shape index (κ3) is 11.2. The van der Waals surface area contributed by atoms with E-state index in [1.54, 1.807) is 13.8 Å². The normalized spacial score (nSPS) is 13.7. The second-order valence-electron chi connectivity index (χ2n) is 5.38. The Kier molecular flexibility index (Phi) is 13.2. The van der Waals surface area contributed by atoms with Crippen molar-refractivity contribution >= 4 is 19.8 Å². The SMILES string of the molecule is CCC#CCC(C)C(=O)CO[PH](=O)OCC(=O)C(C)CC#CCC. The molecule has 0 fully saturated rings. The summed E-state index contributed by atoms with van der Waals surface area (Å²) in [5.41, 5.74) is 0. The summed E-state index contributed by atoms with van der Waals surface area (Å²) in [6, 6.07) is 0. The number of carbonyl (C=O) groups is 2. The molecule has 0 saturated carbocycles. The van der Waals surface area contributed by atoms with Crippen LogP contribution in [0.5, 0.6) is 0 Å². The highest BCUT2D eigenvalue weighted by Gasteiger charge is 2.16. The van der Waals surface area contributed by atoms with Crippen LogP contribution in [0.1, 0.15) is 53.4 Å². The Morgan fingerprint density at radius 2 is 1.21 bits per heavy atom. The first-order valence-corrected chi connectivity index (χ1v) is 9.41. The Hall–Kier alpha value is -1.39. The molecule has 2 unspecified atom stereocenters. The summed E-state index contributed by atoms with van der Waals surface area (Å²) in [5.74, 6) is 10.6. The minimum atomic E-state index is -2.86. The fourth-order valence-electron chi connectivity index (χ4n) is 1.51. The van der Waals surface area contributed by atoms with Crippen molar-refractivity contribution in [3.63, 3.8) is 0 Å². The van der Waals surface area contributed by atoms with Gasteiger partial charge in [-0.2, -0.15) is 0 Å². The van der Waals surface area contributed by atoms with Crippen molar-refractivity contribution in [2.24, 2.45) is 11.8 Å². The van der Waals surface area contributed by atoms with E-state index in [4.69, 9.17) is 9.05 Å². The number of hydrogen-bond acceptors (Lipinski definition) is 5. The summed E-state index contributed by atoms with van der Waals surface area (Å²) in [4.78, 5) is 23.6. The summed E-state index contributed by atoms with van der Waals surface area (Å²) in [5, 5.41) is 0. The standard InChI is InChI=1S/C18H27O5P/c1-5-7-9-11-15(3)17(19)13-22-24(21)23-14-18(20)16(4)12-10-8-6-2/h15-16,24H,5-6,11-14H2,1-4H3. The zero-order chi connectivity index (χ0) is 18.4. The van der Waals surface area contributed by atoms with Gasteiger partial charge in [-0.1, -0.05) is 27.7 Å². The summed E-state index contributed by atoms with van der Waals surface area (Å²) in [6.45, 7) is 6.78. The van der Waals surface area contributed by atoms with Crippen LogP contribution in [0.15, 0.2) is 0 Å². The molecular formula is C18H27O5P. The average molecular weight is 354 g/mol. The van der Waals surface area contributed by atoms with E-state index in [1.807, 2.05) is 13.8 Å². The fourth-order valence-corrected chi connectivity index (χ4v) is 2.12. The van der Waals surface area contributed by atoms with Crippen molar-refractivity contribution in [3.05, 3.63) is 0 Å². The van der Waals surface area contributed by atoms with Gasteiger partial charge in [0.2, 0.25) is 0 Å². The van der Waals surface area contributed by atoms with Crippen LogP contribution in [0, 0.1) is 35.5 Å². The number of hydrogen-bond donors (Lipinski definition) is 0. The van der Waals surface area contributed by atoms with E-state index >= 15 is 0 Å². The van der Waals surface area contributed by atoms with Crippen LogP contribution < -0.4 is 0 Å². The molecular weight excluding hydrogens is 327 g/mol. The lowest BCUT2D eigenvalue weighted by Gasteiger charge is -2.09. The second kappa shape index (κ2) is 14.0. The van der Waals surface area contributed by atoms with Gasteiger partial charge in [-0.15, -0.1) is 23.7 Å². The summed E-state index contributed by atoms with van der Waals surface area (Å²) >= 11 is 0. The molecule has 134 valence electrons. The molecule has 0 radical (unpaired) electrons. The van der Waals surface area contributed by atoms with Crippen LogP contribution in [-0.2, 0) is 23.2 Å². The first-order chi connectivity index (χ1) is 11.4. The molecule has 0 spiro atoms. The van der Waals surface area contributed by atoms with Crippen molar-refractivity contribution in [1.29, 1.82) is 0 Å². The molecule has 0 N–H and O–H groups in total. The van der Waals surface area contributed by atoms with Crippen LogP contribution in [0.2, 0.25) is 0 Å². The van der Waals surface area contributed by atoms with Crippen LogP contribution in [0.4, 0.5) is 0 Å². The highest BCUT2D eigenvalue weighted by Crippen LogP contribution is 2.24. The van der Waals surface area contributed by atoms with E-state index in [0.717, 1.165) is 12.8 Å². The van der Waals surface area contributed by atoms with Gasteiger partial charge in [-0.3, -0.25) is 14.2 Å². The molecule has 6 heteroatoms. The molecule has 0 aliphatic carbocycles. The van der Waals surface area contributed by atoms with Gasteiger partial charge in [0, 0.05) is 37.5 Å². The lowest BCUT2D eigenvalue weighted by molar-refractivity contribution is -0.124. The fraction of sp³-hybridized carbons (Fsp3) is 0.667. The molecule has 0 aromatic heterocycles. The monoisotopic (exact) mass is 354 g/mol. The lowest BCUT2D eigenvalue weighted by atomic mass is 10.0. The Morgan fingerprint density at radius 1 is 0.833 bits per heavy atom. The third-order valence-electron chi connectivity index (χ3n) is 3.18. The van der Waals surface area contributed by atoms with E-state index in [9.17, 15) is 14.2 Å². The molecule has 2 atom stereocenters. The topological polar surface area (TPSA) is 69.7 Å². The molecule has 0 aliphatic heterocycles. The molecule has 5 nitrogen and oxygen atoms in total. The molecule has 0 aromatic rings. The highest BCUT2D eigenvalue weighted by atomic mass is 31.1. The predicted molar refractivity (Wildman–Crippen MR) is 94.6 cm³/mol. The van der Waals surface area contributed by atoms with Crippen LogP contribution in [0.3, 0.4) is 0 Å². The van der Waals surface area contributed by atoms with Crippen LogP contribution in [0.25, 0.3) is 0 Å². The first-order valence-electron chi connectivity index (χ1n) is 8.18. The predicted octanol–water partition coefficient (Wildman–Crippen LogP) is 3.43. The van der Waals surface area contributed by atoms with Gasteiger partial charge in [-0.25, -0.2) is 0 Å². The molecule has 0 bridgehead atoms. The number of Topliss-reactive ketones (excluding diaryl/α,β-unsaturated/α-hetero) is 2. The minimum Gasteiger partial charge on any atom is -0.303 e. The highest BCUT2D eigenvalue weighted by molar-refractivity contribution is 7.33.